The van der Waals surface area contributed by atoms with E-state index in [0.29, 0.717) is 50.4 Å². The molecular formula is C31H36FN9. The summed E-state index contributed by atoms with van der Waals surface area (Å²) in [5, 5.41) is 29.2. The zero-order chi connectivity index (χ0) is 29.7. The van der Waals surface area contributed by atoms with E-state index in [1.54, 1.807) is 30.3 Å². The van der Waals surface area contributed by atoms with Crippen molar-refractivity contribution in [3.8, 4) is 12.1 Å². The molecule has 9 nitrogen and oxygen atoms in total. The number of hydrazine groups is 1. The molecule has 6 rings (SSSR count). The van der Waals surface area contributed by atoms with Gasteiger partial charge in [-0.2, -0.15) is 14.9 Å². The maximum atomic E-state index is 14.0. The normalized spacial score (nSPS) is 21.1. The summed E-state index contributed by atoms with van der Waals surface area (Å²) in [7, 11) is 0. The van der Waals surface area contributed by atoms with Gasteiger partial charge in [0.1, 0.15) is 12.1 Å². The number of rotatable bonds is 8. The number of hydrogen-bond acceptors (Lipinski definition) is 9. The third-order valence-electron chi connectivity index (χ3n) is 8.76. The number of benzene rings is 1. The molecule has 2 bridgehead atoms. The molecule has 0 saturated heterocycles. The van der Waals surface area contributed by atoms with Crippen LogP contribution < -0.4 is 22.2 Å². The lowest BCUT2D eigenvalue weighted by Crippen LogP contribution is -2.68. The number of aryl methyl sites for hydroxylation is 1. The monoisotopic (exact) mass is 553 g/mol. The molecule has 0 unspecified atom stereocenters. The van der Waals surface area contributed by atoms with Gasteiger partial charge in [0.2, 0.25) is 5.95 Å². The van der Waals surface area contributed by atoms with E-state index in [1.807, 2.05) is 6.07 Å². The van der Waals surface area contributed by atoms with Crippen molar-refractivity contribution in [2.75, 3.05) is 10.6 Å². The molecule has 0 spiro atoms. The lowest BCUT2D eigenvalue weighted by atomic mass is 9.49. The van der Waals surface area contributed by atoms with Gasteiger partial charge in [0.25, 0.3) is 0 Å². The average Bonchev–Trinajstić information content (AvgIpc) is 2.84. The van der Waals surface area contributed by atoms with E-state index in [4.69, 9.17) is 11.6 Å². The Hall–Kier alpha value is -4.41. The highest BCUT2D eigenvalue weighted by Gasteiger charge is 2.59. The average molecular weight is 554 g/mol. The fourth-order valence-corrected chi connectivity index (χ4v) is 5.62. The predicted molar refractivity (Wildman–Crippen MR) is 157 cm³/mol. The van der Waals surface area contributed by atoms with Crippen LogP contribution in [0.25, 0.3) is 10.9 Å². The zero-order valence-corrected chi connectivity index (χ0v) is 24.1. The molecule has 2 aromatic heterocycles. The van der Waals surface area contributed by atoms with Crippen LogP contribution in [-0.4, -0.2) is 26.6 Å². The lowest BCUT2D eigenvalue weighted by Gasteiger charge is -2.65. The summed E-state index contributed by atoms with van der Waals surface area (Å²) in [4.78, 5) is 8.47. The highest BCUT2D eigenvalue weighted by molar-refractivity contribution is 5.99. The van der Waals surface area contributed by atoms with E-state index in [2.05, 4.69) is 60.4 Å². The number of aromatic nitrogens is 2. The summed E-state index contributed by atoms with van der Waals surface area (Å²) >= 11 is 0. The Bertz CT molecular complexity index is 1610. The standard InChI is InChI=1S/C31H36FN9/c1-17-23(6-7-26(32)38-17)29(25(35)16-41(36)31-10-19(11-31)12-31)40-22-8-20(13-33)27-24(9-22)28(21(14-34)15-37-27)39-18(2)30(3,4)5/h6-9,15-16,18-19,29,40H,10-12,35-36H2,1-5H3,(H,37,39)/b25-16-/t18-,19?,29+,31?/m1/s1. The summed E-state index contributed by atoms with van der Waals surface area (Å²) in [6, 6.07) is 10.4. The van der Waals surface area contributed by atoms with Crippen LogP contribution in [0.1, 0.15) is 75.4 Å². The number of halogens is 1. The number of hydrogen-bond donors (Lipinski definition) is 4. The van der Waals surface area contributed by atoms with Gasteiger partial charge in [0.15, 0.2) is 0 Å². The second-order valence-corrected chi connectivity index (χ2v) is 12.5. The third kappa shape index (κ3) is 5.12. The van der Waals surface area contributed by atoms with Crippen molar-refractivity contribution in [2.24, 2.45) is 22.9 Å². The molecule has 3 saturated carbocycles. The highest BCUT2D eigenvalue weighted by Crippen LogP contribution is 2.59. The van der Waals surface area contributed by atoms with E-state index in [-0.39, 0.29) is 17.0 Å². The van der Waals surface area contributed by atoms with Gasteiger partial charge in [-0.15, -0.1) is 0 Å². The van der Waals surface area contributed by atoms with Gasteiger partial charge < -0.3 is 21.4 Å². The van der Waals surface area contributed by atoms with Crippen molar-refractivity contribution in [1.29, 1.82) is 10.5 Å². The number of fused-ring (bicyclic) bond motifs is 1. The van der Waals surface area contributed by atoms with Crippen LogP contribution in [0, 0.1) is 46.9 Å². The Labute approximate surface area is 240 Å². The fraction of sp³-hybridized carbons (Fsp3) is 0.419. The number of anilines is 2. The molecule has 212 valence electrons. The smallest absolute Gasteiger partial charge is 0.213 e. The Balaban J connectivity index is 1.61. The number of pyridine rings is 2. The zero-order valence-electron chi connectivity index (χ0n) is 24.1. The fourth-order valence-electron chi connectivity index (χ4n) is 5.62. The first-order valence-corrected chi connectivity index (χ1v) is 13.8. The van der Waals surface area contributed by atoms with Crippen LogP contribution in [0.2, 0.25) is 0 Å². The third-order valence-corrected chi connectivity index (χ3v) is 8.76. The molecule has 3 aromatic rings. The van der Waals surface area contributed by atoms with Crippen LogP contribution in [0.4, 0.5) is 15.8 Å². The van der Waals surface area contributed by atoms with E-state index >= 15 is 0 Å². The molecule has 1 aromatic carbocycles. The second kappa shape index (κ2) is 10.2. The van der Waals surface area contributed by atoms with Crippen LogP contribution in [0.15, 0.2) is 42.4 Å². The predicted octanol–water partition coefficient (Wildman–Crippen LogP) is 5.35. The van der Waals surface area contributed by atoms with Crippen molar-refractivity contribution in [3.63, 3.8) is 0 Å². The first-order chi connectivity index (χ1) is 19.3. The maximum Gasteiger partial charge on any atom is 0.213 e. The Morgan fingerprint density at radius 3 is 2.41 bits per heavy atom. The van der Waals surface area contributed by atoms with Gasteiger partial charge in [-0.1, -0.05) is 26.8 Å². The van der Waals surface area contributed by atoms with Crippen molar-refractivity contribution in [2.45, 2.75) is 71.5 Å². The minimum atomic E-state index is -0.623. The molecular weight excluding hydrogens is 517 g/mol. The van der Waals surface area contributed by atoms with Gasteiger partial charge in [-0.25, -0.2) is 10.8 Å². The van der Waals surface area contributed by atoms with E-state index < -0.39 is 12.0 Å². The second-order valence-electron chi connectivity index (χ2n) is 12.5. The molecule has 6 N–H and O–H groups in total. The van der Waals surface area contributed by atoms with E-state index in [1.165, 1.54) is 12.3 Å². The molecule has 2 atom stereocenters. The first kappa shape index (κ1) is 28.1. The minimum Gasteiger partial charge on any atom is -0.399 e. The summed E-state index contributed by atoms with van der Waals surface area (Å²) in [6.07, 6.45) is 6.39. The molecule has 10 heteroatoms. The molecule has 0 aliphatic heterocycles. The van der Waals surface area contributed by atoms with Crippen molar-refractivity contribution < 1.29 is 4.39 Å². The Morgan fingerprint density at radius 1 is 1.17 bits per heavy atom. The summed E-state index contributed by atoms with van der Waals surface area (Å²) in [5.41, 5.74) is 10.5. The van der Waals surface area contributed by atoms with Crippen LogP contribution in [0.3, 0.4) is 0 Å². The van der Waals surface area contributed by atoms with Crippen molar-refractivity contribution in [3.05, 3.63) is 70.7 Å². The van der Waals surface area contributed by atoms with Gasteiger partial charge in [-0.3, -0.25) is 4.98 Å². The van der Waals surface area contributed by atoms with Crippen molar-refractivity contribution >= 4 is 22.3 Å². The molecule has 0 amide bonds. The Kier molecular flexibility index (Phi) is 7.00. The molecule has 3 aliphatic rings. The van der Waals surface area contributed by atoms with E-state index in [0.717, 1.165) is 25.2 Å². The molecule has 41 heavy (non-hydrogen) atoms. The van der Waals surface area contributed by atoms with Gasteiger partial charge >= 0.3 is 0 Å². The Morgan fingerprint density at radius 2 is 1.85 bits per heavy atom. The quantitative estimate of drug-likeness (QED) is 0.164. The van der Waals surface area contributed by atoms with Crippen LogP contribution in [-0.2, 0) is 0 Å². The summed E-state index contributed by atoms with van der Waals surface area (Å²) in [5.74, 6) is 6.62. The summed E-state index contributed by atoms with van der Waals surface area (Å²) < 4.78 is 14.0. The topological polar surface area (TPSA) is 153 Å². The highest BCUT2D eigenvalue weighted by atomic mass is 19.1. The largest absolute Gasteiger partial charge is 0.399 e. The van der Waals surface area contributed by atoms with E-state index in [9.17, 15) is 14.9 Å². The maximum absolute atomic E-state index is 14.0. The molecule has 3 fully saturated rings. The number of nitriles is 2. The first-order valence-electron chi connectivity index (χ1n) is 13.8. The summed E-state index contributed by atoms with van der Waals surface area (Å²) in [6.45, 7) is 10.1. The van der Waals surface area contributed by atoms with Gasteiger partial charge in [0.05, 0.1) is 39.6 Å². The van der Waals surface area contributed by atoms with Gasteiger partial charge in [-0.05, 0) is 62.6 Å². The number of nitrogens with one attached hydrogen (secondary N) is 2. The molecule has 3 aliphatic carbocycles. The number of nitrogens with zero attached hydrogens (tertiary/aromatic N) is 5. The SMILES string of the molecule is Cc1nc(F)ccc1[C@H](Nc1cc(C#N)c2ncc(C#N)c(N[C@H](C)C(C)(C)C)c2c1)/C(N)=C/N(N)C12CC(C1)C2. The minimum absolute atomic E-state index is 0.00846. The van der Waals surface area contributed by atoms with Crippen molar-refractivity contribution in [1.82, 2.24) is 15.0 Å². The van der Waals surface area contributed by atoms with Gasteiger partial charge in [0, 0.05) is 40.8 Å². The van der Waals surface area contributed by atoms with Crippen LogP contribution >= 0.6 is 0 Å². The molecule has 0 radical (unpaired) electrons. The van der Waals surface area contributed by atoms with Crippen LogP contribution in [0.5, 0.6) is 0 Å². The number of nitrogens with two attached hydrogens (primary N) is 2. The molecule has 2 heterocycles. The lowest BCUT2D eigenvalue weighted by molar-refractivity contribution is -0.124.